The average molecular weight is 364 g/mol. The van der Waals surface area contributed by atoms with E-state index in [2.05, 4.69) is 56.0 Å². The lowest BCUT2D eigenvalue weighted by Gasteiger charge is -2.11. The lowest BCUT2D eigenvalue weighted by molar-refractivity contribution is 0.638. The van der Waals surface area contributed by atoms with Crippen LogP contribution < -0.4 is 11.1 Å². The number of fused-ring (bicyclic) bond motifs is 1. The summed E-state index contributed by atoms with van der Waals surface area (Å²) < 4.78 is 0. The molecule has 0 unspecified atom stereocenters. The number of hydrogen-bond donors (Lipinski definition) is 3. The first-order valence-corrected chi connectivity index (χ1v) is 9.40. The molecule has 0 radical (unpaired) electrons. The monoisotopic (exact) mass is 364 g/mol. The molecule has 132 valence electrons. The second kappa shape index (κ2) is 7.63. The Morgan fingerprint density at radius 1 is 1.12 bits per heavy atom. The van der Waals surface area contributed by atoms with Gasteiger partial charge in [-0.25, -0.2) is 0 Å². The first kappa shape index (κ1) is 16.7. The highest BCUT2D eigenvalue weighted by Gasteiger charge is 2.09. The van der Waals surface area contributed by atoms with Crippen molar-refractivity contribution in [2.75, 3.05) is 11.9 Å². The highest BCUT2D eigenvalue weighted by atomic mass is 32.1. The second-order valence-corrected chi connectivity index (χ2v) is 7.23. The molecule has 26 heavy (non-hydrogen) atoms. The summed E-state index contributed by atoms with van der Waals surface area (Å²) in [4.78, 5) is 0. The van der Waals surface area contributed by atoms with Gasteiger partial charge in [-0.15, -0.1) is 10.2 Å². The van der Waals surface area contributed by atoms with Gasteiger partial charge in [-0.05, 0) is 36.6 Å². The lowest BCUT2D eigenvalue weighted by Crippen LogP contribution is -2.29. The summed E-state index contributed by atoms with van der Waals surface area (Å²) in [6.07, 6.45) is 3.72. The summed E-state index contributed by atoms with van der Waals surface area (Å²) in [5.74, 6) is 0. The van der Waals surface area contributed by atoms with Crippen LogP contribution in [0.1, 0.15) is 12.0 Å². The average Bonchev–Trinajstić information content (AvgIpc) is 3.34. The predicted molar refractivity (Wildman–Crippen MR) is 106 cm³/mol. The van der Waals surface area contributed by atoms with Gasteiger partial charge in [-0.3, -0.25) is 5.10 Å². The van der Waals surface area contributed by atoms with Crippen LogP contribution in [-0.4, -0.2) is 33.0 Å². The smallest absolute Gasteiger partial charge is 0.206 e. The molecule has 0 aliphatic heterocycles. The maximum atomic E-state index is 6.22. The van der Waals surface area contributed by atoms with Gasteiger partial charge in [-0.2, -0.15) is 5.10 Å². The van der Waals surface area contributed by atoms with E-state index in [4.69, 9.17) is 5.73 Å². The van der Waals surface area contributed by atoms with Gasteiger partial charge in [-0.1, -0.05) is 41.7 Å². The van der Waals surface area contributed by atoms with E-state index in [0.717, 1.165) is 39.4 Å². The minimum absolute atomic E-state index is 0.0739. The Bertz CT molecular complexity index is 978. The zero-order valence-corrected chi connectivity index (χ0v) is 15.0. The molecule has 7 heteroatoms. The fourth-order valence-corrected chi connectivity index (χ4v) is 3.55. The van der Waals surface area contributed by atoms with Gasteiger partial charge in [0.1, 0.15) is 5.01 Å². The first-order chi connectivity index (χ1) is 12.8. The highest BCUT2D eigenvalue weighted by molar-refractivity contribution is 7.18. The highest BCUT2D eigenvalue weighted by Crippen LogP contribution is 2.28. The maximum Gasteiger partial charge on any atom is 0.206 e. The standard InChI is InChI=1S/C19H20N6S/c20-16(8-6-13-4-2-1-3-5-13)12-21-19-25-24-18(26-19)14-7-9-17-15(10-14)11-22-23-17/h1-5,7,9-11,16H,6,8,12,20H2,(H,21,25)(H,22,23)/t16-/m0/s1. The number of aromatic nitrogens is 4. The van der Waals surface area contributed by atoms with E-state index in [-0.39, 0.29) is 6.04 Å². The van der Waals surface area contributed by atoms with Gasteiger partial charge in [0.15, 0.2) is 0 Å². The fraction of sp³-hybridized carbons (Fsp3) is 0.211. The zero-order chi connectivity index (χ0) is 17.8. The molecule has 2 aromatic carbocycles. The van der Waals surface area contributed by atoms with E-state index in [9.17, 15) is 0 Å². The Balaban J connectivity index is 1.33. The van der Waals surface area contributed by atoms with Gasteiger partial charge in [0.05, 0.1) is 11.7 Å². The molecular weight excluding hydrogens is 344 g/mol. The van der Waals surface area contributed by atoms with Gasteiger partial charge in [0.25, 0.3) is 0 Å². The molecule has 2 aromatic heterocycles. The van der Waals surface area contributed by atoms with Crippen LogP contribution in [0.25, 0.3) is 21.5 Å². The molecule has 4 N–H and O–H groups in total. The molecular formula is C19H20N6S. The van der Waals surface area contributed by atoms with E-state index in [1.807, 2.05) is 24.4 Å². The van der Waals surface area contributed by atoms with Crippen molar-refractivity contribution in [2.45, 2.75) is 18.9 Å². The van der Waals surface area contributed by atoms with Crippen LogP contribution in [-0.2, 0) is 6.42 Å². The molecule has 0 spiro atoms. The molecule has 4 rings (SSSR count). The van der Waals surface area contributed by atoms with Crippen LogP contribution in [0.2, 0.25) is 0 Å². The van der Waals surface area contributed by atoms with Crippen LogP contribution in [0.3, 0.4) is 0 Å². The molecule has 0 saturated heterocycles. The normalized spacial score (nSPS) is 12.3. The molecule has 0 aliphatic rings. The molecule has 0 aliphatic carbocycles. The van der Waals surface area contributed by atoms with Gasteiger partial charge in [0.2, 0.25) is 5.13 Å². The summed E-state index contributed by atoms with van der Waals surface area (Å²) in [6.45, 7) is 0.683. The minimum Gasteiger partial charge on any atom is -0.359 e. The molecule has 0 saturated carbocycles. The molecule has 4 aromatic rings. The largest absolute Gasteiger partial charge is 0.359 e. The minimum atomic E-state index is 0.0739. The van der Waals surface area contributed by atoms with E-state index >= 15 is 0 Å². The summed E-state index contributed by atoms with van der Waals surface area (Å²) in [6, 6.07) is 16.6. The van der Waals surface area contributed by atoms with Gasteiger partial charge >= 0.3 is 0 Å². The van der Waals surface area contributed by atoms with Crippen LogP contribution in [0.5, 0.6) is 0 Å². The third-order valence-corrected chi connectivity index (χ3v) is 5.20. The topological polar surface area (TPSA) is 92.5 Å². The Hall–Kier alpha value is -2.77. The van der Waals surface area contributed by atoms with E-state index in [1.165, 1.54) is 16.9 Å². The third-order valence-electron chi connectivity index (χ3n) is 4.27. The van der Waals surface area contributed by atoms with Gasteiger partial charge in [0, 0.05) is 23.5 Å². The maximum absolute atomic E-state index is 6.22. The van der Waals surface area contributed by atoms with Crippen molar-refractivity contribution in [3.05, 3.63) is 60.3 Å². The third kappa shape index (κ3) is 3.89. The number of aryl methyl sites for hydroxylation is 1. The van der Waals surface area contributed by atoms with E-state index in [1.54, 1.807) is 0 Å². The number of H-pyrrole nitrogens is 1. The van der Waals surface area contributed by atoms with Gasteiger partial charge < -0.3 is 11.1 Å². The predicted octanol–water partition coefficient (Wildman–Crippen LogP) is 3.45. The summed E-state index contributed by atoms with van der Waals surface area (Å²) in [5.41, 5.74) is 9.59. The number of nitrogens with zero attached hydrogens (tertiary/aromatic N) is 3. The molecule has 0 fully saturated rings. The van der Waals surface area contributed by atoms with Crippen molar-refractivity contribution < 1.29 is 0 Å². The summed E-state index contributed by atoms with van der Waals surface area (Å²) in [5, 5.41) is 21.6. The van der Waals surface area contributed by atoms with Crippen molar-refractivity contribution >= 4 is 27.4 Å². The number of aromatic amines is 1. The van der Waals surface area contributed by atoms with E-state index in [0.29, 0.717) is 6.54 Å². The quantitative estimate of drug-likeness (QED) is 0.467. The van der Waals surface area contributed by atoms with Crippen LogP contribution in [0, 0.1) is 0 Å². The second-order valence-electron chi connectivity index (χ2n) is 6.25. The summed E-state index contributed by atoms with van der Waals surface area (Å²) >= 11 is 1.53. The van der Waals surface area contributed by atoms with Crippen molar-refractivity contribution in [1.29, 1.82) is 0 Å². The van der Waals surface area contributed by atoms with E-state index < -0.39 is 0 Å². The number of benzene rings is 2. The SMILES string of the molecule is N[C@@H](CCc1ccccc1)CNc1nnc(-c2ccc3[nH]ncc3c2)s1. The molecule has 6 nitrogen and oxygen atoms in total. The number of anilines is 1. The van der Waals surface area contributed by atoms with Crippen LogP contribution in [0.15, 0.2) is 54.7 Å². The molecule has 0 bridgehead atoms. The number of hydrogen-bond acceptors (Lipinski definition) is 6. The van der Waals surface area contributed by atoms with Crippen LogP contribution in [0.4, 0.5) is 5.13 Å². The van der Waals surface area contributed by atoms with Crippen molar-refractivity contribution in [3.63, 3.8) is 0 Å². The first-order valence-electron chi connectivity index (χ1n) is 8.58. The lowest BCUT2D eigenvalue weighted by atomic mass is 10.1. The number of nitrogens with two attached hydrogens (primary N) is 1. The Morgan fingerprint density at radius 3 is 2.88 bits per heavy atom. The zero-order valence-electron chi connectivity index (χ0n) is 14.2. The van der Waals surface area contributed by atoms with Crippen molar-refractivity contribution in [3.8, 4) is 10.6 Å². The Morgan fingerprint density at radius 2 is 2.00 bits per heavy atom. The van der Waals surface area contributed by atoms with Crippen molar-refractivity contribution in [2.24, 2.45) is 5.73 Å². The fourth-order valence-electron chi connectivity index (χ4n) is 2.80. The van der Waals surface area contributed by atoms with Crippen molar-refractivity contribution in [1.82, 2.24) is 20.4 Å². The Labute approximate surface area is 155 Å². The number of nitrogens with one attached hydrogen (secondary N) is 2. The Kier molecular flexibility index (Phi) is 4.90. The van der Waals surface area contributed by atoms with Crippen LogP contribution >= 0.6 is 11.3 Å². The molecule has 2 heterocycles. The number of rotatable bonds is 7. The summed E-state index contributed by atoms with van der Waals surface area (Å²) in [7, 11) is 0. The molecule has 1 atom stereocenters. The molecule has 0 amide bonds.